The van der Waals surface area contributed by atoms with Crippen molar-refractivity contribution in [2.24, 2.45) is 5.92 Å². The van der Waals surface area contributed by atoms with Crippen LogP contribution in [0.15, 0.2) is 39.8 Å². The van der Waals surface area contributed by atoms with Crippen molar-refractivity contribution in [1.82, 2.24) is 14.9 Å². The Kier molecular flexibility index (Phi) is 3.87. The highest BCUT2D eigenvalue weighted by atomic mass is 16.3. The summed E-state index contributed by atoms with van der Waals surface area (Å²) in [6, 6.07) is 3.62. The van der Waals surface area contributed by atoms with Crippen molar-refractivity contribution in [2.45, 2.75) is 32.2 Å². The summed E-state index contributed by atoms with van der Waals surface area (Å²) in [5, 5.41) is 0. The predicted molar refractivity (Wildman–Crippen MR) is 88.0 cm³/mol. The normalized spacial score (nSPS) is 21.3. The molecule has 3 heterocycles. The molecule has 0 fully saturated rings. The molecule has 0 bridgehead atoms. The summed E-state index contributed by atoms with van der Waals surface area (Å²) in [5.41, 5.74) is 1.71. The molecule has 2 aromatic heterocycles. The van der Waals surface area contributed by atoms with Gasteiger partial charge in [0.25, 0.3) is 5.56 Å². The number of hydrogen-bond donors (Lipinski definition) is 1. The van der Waals surface area contributed by atoms with E-state index in [9.17, 15) is 4.79 Å². The minimum Gasteiger partial charge on any atom is -0.461 e. The molecular weight excluding hydrogens is 290 g/mol. The van der Waals surface area contributed by atoms with E-state index in [2.05, 4.69) is 27.0 Å². The highest BCUT2D eigenvalue weighted by Gasteiger charge is 2.24. The number of nitrogens with one attached hydrogen (secondary N) is 1. The lowest BCUT2D eigenvalue weighted by molar-refractivity contribution is 0.203. The minimum absolute atomic E-state index is 0.0263. The van der Waals surface area contributed by atoms with Gasteiger partial charge in [-0.2, -0.15) is 0 Å². The second-order valence-corrected chi connectivity index (χ2v) is 6.45. The zero-order valence-corrected chi connectivity index (χ0v) is 13.1. The molecule has 1 unspecified atom stereocenters. The zero-order chi connectivity index (χ0) is 15.6. The topological polar surface area (TPSA) is 62.1 Å². The quantitative estimate of drug-likeness (QED) is 0.885. The highest BCUT2D eigenvalue weighted by Crippen LogP contribution is 2.23. The lowest BCUT2D eigenvalue weighted by Gasteiger charge is -2.31. The summed E-state index contributed by atoms with van der Waals surface area (Å²) in [5.74, 6) is 1.87. The summed E-state index contributed by atoms with van der Waals surface area (Å²) >= 11 is 0. The molecule has 120 valence electrons. The maximum absolute atomic E-state index is 12.3. The number of allylic oxidation sites excluding steroid dienone is 2. The van der Waals surface area contributed by atoms with Crippen LogP contribution < -0.4 is 5.56 Å². The second kappa shape index (κ2) is 6.16. The third-order valence-electron chi connectivity index (χ3n) is 4.80. The van der Waals surface area contributed by atoms with E-state index in [0.29, 0.717) is 11.6 Å². The Hall–Kier alpha value is -2.14. The fourth-order valence-electron chi connectivity index (χ4n) is 3.57. The van der Waals surface area contributed by atoms with Crippen molar-refractivity contribution >= 4 is 0 Å². The monoisotopic (exact) mass is 311 g/mol. The van der Waals surface area contributed by atoms with Gasteiger partial charge in [0.05, 0.1) is 12.0 Å². The molecule has 0 amide bonds. The maximum Gasteiger partial charge on any atom is 0.254 e. The number of fused-ring (bicyclic) bond motifs is 1. The molecule has 5 nitrogen and oxygen atoms in total. The van der Waals surface area contributed by atoms with E-state index < -0.39 is 0 Å². The Morgan fingerprint density at radius 3 is 3.13 bits per heavy atom. The number of aromatic amines is 1. The molecule has 2 aromatic rings. The lowest BCUT2D eigenvalue weighted by atomic mass is 9.93. The maximum atomic E-state index is 12.3. The van der Waals surface area contributed by atoms with E-state index in [0.717, 1.165) is 43.2 Å². The van der Waals surface area contributed by atoms with Crippen LogP contribution in [0.3, 0.4) is 0 Å². The van der Waals surface area contributed by atoms with Gasteiger partial charge in [-0.05, 0) is 43.7 Å². The Labute approximate surface area is 135 Å². The average Bonchev–Trinajstić information content (AvgIpc) is 3.10. The fourth-order valence-corrected chi connectivity index (χ4v) is 3.57. The molecular formula is C18H21N3O2. The van der Waals surface area contributed by atoms with Crippen molar-refractivity contribution in [3.63, 3.8) is 0 Å². The number of rotatable bonds is 3. The first-order valence-corrected chi connectivity index (χ1v) is 8.33. The molecule has 0 saturated carbocycles. The largest absolute Gasteiger partial charge is 0.461 e. The van der Waals surface area contributed by atoms with Crippen molar-refractivity contribution in [3.05, 3.63) is 52.2 Å². The molecule has 1 N–H and O–H groups in total. The van der Waals surface area contributed by atoms with Gasteiger partial charge in [-0.3, -0.25) is 9.69 Å². The van der Waals surface area contributed by atoms with Crippen molar-refractivity contribution < 1.29 is 4.42 Å². The van der Waals surface area contributed by atoms with Gasteiger partial charge in [-0.25, -0.2) is 4.98 Å². The van der Waals surface area contributed by atoms with E-state index in [-0.39, 0.29) is 5.56 Å². The van der Waals surface area contributed by atoms with Crippen molar-refractivity contribution in [1.29, 1.82) is 0 Å². The number of furan rings is 1. The van der Waals surface area contributed by atoms with Crippen LogP contribution in [0.25, 0.3) is 11.6 Å². The van der Waals surface area contributed by atoms with Gasteiger partial charge in [0, 0.05) is 25.2 Å². The van der Waals surface area contributed by atoms with Crippen LogP contribution in [0.1, 0.15) is 30.5 Å². The summed E-state index contributed by atoms with van der Waals surface area (Å²) in [6.07, 6.45) is 10.6. The Balaban J connectivity index is 1.55. The molecule has 2 aliphatic rings. The van der Waals surface area contributed by atoms with Crippen LogP contribution in [0.4, 0.5) is 0 Å². The van der Waals surface area contributed by atoms with Gasteiger partial charge < -0.3 is 9.40 Å². The van der Waals surface area contributed by atoms with E-state index in [4.69, 9.17) is 4.42 Å². The summed E-state index contributed by atoms with van der Waals surface area (Å²) in [4.78, 5) is 22.2. The predicted octanol–water partition coefficient (Wildman–Crippen LogP) is 2.74. The number of hydrogen-bond acceptors (Lipinski definition) is 4. The van der Waals surface area contributed by atoms with Gasteiger partial charge in [-0.15, -0.1) is 0 Å². The molecule has 1 atom stereocenters. The molecule has 5 heteroatoms. The minimum atomic E-state index is -0.0263. The van der Waals surface area contributed by atoms with Gasteiger partial charge in [0.2, 0.25) is 0 Å². The van der Waals surface area contributed by atoms with Crippen LogP contribution in [0, 0.1) is 5.92 Å². The summed E-state index contributed by atoms with van der Waals surface area (Å²) in [7, 11) is 0. The zero-order valence-electron chi connectivity index (χ0n) is 13.1. The Bertz CT molecular complexity index is 761. The Morgan fingerprint density at radius 2 is 2.35 bits per heavy atom. The van der Waals surface area contributed by atoms with Crippen molar-refractivity contribution in [3.8, 4) is 11.6 Å². The summed E-state index contributed by atoms with van der Waals surface area (Å²) < 4.78 is 5.36. The molecule has 23 heavy (non-hydrogen) atoms. The lowest BCUT2D eigenvalue weighted by Crippen LogP contribution is -2.38. The number of H-pyrrole nitrogens is 1. The average molecular weight is 311 g/mol. The molecule has 0 spiro atoms. The van der Waals surface area contributed by atoms with Gasteiger partial charge in [0.15, 0.2) is 11.6 Å². The standard InChI is InChI=1S/C18H21N3O2/c22-18-14-8-9-21(11-13-5-2-1-3-6-13)12-15(14)19-17(20-18)16-7-4-10-23-16/h1-2,4,7,10,13H,3,5-6,8-9,11-12H2,(H,19,20,22). The first-order chi connectivity index (χ1) is 11.3. The van der Waals surface area contributed by atoms with Crippen LogP contribution in [-0.2, 0) is 13.0 Å². The van der Waals surface area contributed by atoms with E-state index in [1.54, 1.807) is 12.3 Å². The third-order valence-corrected chi connectivity index (χ3v) is 4.80. The van der Waals surface area contributed by atoms with E-state index in [1.165, 1.54) is 19.3 Å². The Morgan fingerprint density at radius 1 is 1.39 bits per heavy atom. The van der Waals surface area contributed by atoms with Crippen LogP contribution in [-0.4, -0.2) is 28.0 Å². The van der Waals surface area contributed by atoms with Crippen LogP contribution in [0.5, 0.6) is 0 Å². The van der Waals surface area contributed by atoms with Crippen molar-refractivity contribution in [2.75, 3.05) is 13.1 Å². The fraction of sp³-hybridized carbons (Fsp3) is 0.444. The van der Waals surface area contributed by atoms with Gasteiger partial charge in [0.1, 0.15) is 0 Å². The molecule has 1 aliphatic heterocycles. The van der Waals surface area contributed by atoms with E-state index >= 15 is 0 Å². The highest BCUT2D eigenvalue weighted by molar-refractivity contribution is 5.46. The first-order valence-electron chi connectivity index (χ1n) is 8.33. The van der Waals surface area contributed by atoms with Gasteiger partial charge >= 0.3 is 0 Å². The van der Waals surface area contributed by atoms with Crippen LogP contribution in [0.2, 0.25) is 0 Å². The second-order valence-electron chi connectivity index (χ2n) is 6.45. The number of nitrogens with zero attached hydrogens (tertiary/aromatic N) is 2. The number of aromatic nitrogens is 2. The molecule has 0 saturated heterocycles. The third kappa shape index (κ3) is 3.01. The van der Waals surface area contributed by atoms with Crippen LogP contribution >= 0.6 is 0 Å². The first kappa shape index (κ1) is 14.5. The smallest absolute Gasteiger partial charge is 0.254 e. The molecule has 1 aliphatic carbocycles. The van der Waals surface area contributed by atoms with E-state index in [1.807, 2.05) is 6.07 Å². The summed E-state index contributed by atoms with van der Waals surface area (Å²) in [6.45, 7) is 2.79. The molecule has 0 aromatic carbocycles. The molecule has 4 rings (SSSR count). The molecule has 0 radical (unpaired) electrons. The van der Waals surface area contributed by atoms with Gasteiger partial charge in [-0.1, -0.05) is 12.2 Å². The SMILES string of the molecule is O=c1[nH]c(-c2ccco2)nc2c1CCN(CC1CC=CCC1)C2.